The second kappa shape index (κ2) is 6.76. The van der Waals surface area contributed by atoms with Gasteiger partial charge in [0.05, 0.1) is 29.8 Å². The van der Waals surface area contributed by atoms with Crippen LogP contribution in [0.25, 0.3) is 16.1 Å². The third-order valence-electron chi connectivity index (χ3n) is 3.55. The molecule has 10 heteroatoms. The van der Waals surface area contributed by atoms with E-state index in [-0.39, 0.29) is 12.4 Å². The summed E-state index contributed by atoms with van der Waals surface area (Å²) in [4.78, 5) is 4.55. The van der Waals surface area contributed by atoms with Gasteiger partial charge in [0.1, 0.15) is 5.82 Å². The molecule has 0 spiro atoms. The maximum absolute atomic E-state index is 14.4. The Hall–Kier alpha value is -2.45. The van der Waals surface area contributed by atoms with E-state index in [2.05, 4.69) is 20.3 Å². The van der Waals surface area contributed by atoms with Crippen molar-refractivity contribution >= 4 is 16.5 Å². The van der Waals surface area contributed by atoms with Crippen LogP contribution in [-0.2, 0) is 17.3 Å². The zero-order chi connectivity index (χ0) is 16.2. The Morgan fingerprint density at radius 1 is 1.39 bits per heavy atom. The molecule has 0 N–H and O–H groups in total. The van der Waals surface area contributed by atoms with E-state index < -0.39 is 10.8 Å². The number of hydrogen-bond acceptors (Lipinski definition) is 5. The van der Waals surface area contributed by atoms with Crippen LogP contribution in [0.4, 0.5) is 10.1 Å². The average molecular weight is 335 g/mol. The van der Waals surface area contributed by atoms with E-state index in [0.717, 1.165) is 0 Å². The summed E-state index contributed by atoms with van der Waals surface area (Å²) < 4.78 is 27.2. The fourth-order valence-corrected chi connectivity index (χ4v) is 3.43. The Kier molecular flexibility index (Phi) is 4.54. The summed E-state index contributed by atoms with van der Waals surface area (Å²) in [7, 11) is -0.796. The van der Waals surface area contributed by atoms with Crippen LogP contribution in [0.15, 0.2) is 29.5 Å². The summed E-state index contributed by atoms with van der Waals surface area (Å²) in [6.45, 7) is 1.27. The van der Waals surface area contributed by atoms with E-state index >= 15 is 0 Å². The van der Waals surface area contributed by atoms with Crippen LogP contribution in [0.3, 0.4) is 0 Å². The first-order valence-electron chi connectivity index (χ1n) is 6.99. The van der Waals surface area contributed by atoms with Crippen molar-refractivity contribution in [2.45, 2.75) is 6.54 Å². The number of nitrogens with zero attached hydrogens (tertiary/aromatic N) is 7. The molecule has 1 aromatic carbocycles. The molecule has 3 rings (SSSR count). The van der Waals surface area contributed by atoms with Gasteiger partial charge < -0.3 is 4.90 Å². The third-order valence-corrected chi connectivity index (χ3v) is 4.83. The highest BCUT2D eigenvalue weighted by Crippen LogP contribution is 2.23. The molecular formula is C13H14FN7OS. The Labute approximate surface area is 134 Å². The third kappa shape index (κ3) is 3.49. The quantitative estimate of drug-likeness (QED) is 0.483. The number of benzene rings is 1. The molecular weight excluding hydrogens is 321 g/mol. The highest BCUT2D eigenvalue weighted by atomic mass is 32.2. The number of aromatic nitrogens is 3. The van der Waals surface area contributed by atoms with Gasteiger partial charge in [-0.2, -0.15) is 0 Å². The summed E-state index contributed by atoms with van der Waals surface area (Å²) in [6, 6.07) is 4.82. The zero-order valence-corrected chi connectivity index (χ0v) is 13.0. The summed E-state index contributed by atoms with van der Waals surface area (Å²) in [6.07, 6.45) is 1.59. The summed E-state index contributed by atoms with van der Waals surface area (Å²) in [5.74, 6) is 0.766. The molecule has 0 atom stereocenters. The molecule has 1 aromatic heterocycles. The molecule has 2 aromatic rings. The molecule has 2 heterocycles. The van der Waals surface area contributed by atoms with Crippen LogP contribution in [0.5, 0.6) is 0 Å². The fraction of sp³-hybridized carbons (Fsp3) is 0.385. The molecule has 23 heavy (non-hydrogen) atoms. The lowest BCUT2D eigenvalue weighted by Gasteiger charge is -2.28. The van der Waals surface area contributed by atoms with Crippen molar-refractivity contribution in [3.05, 3.63) is 46.3 Å². The lowest BCUT2D eigenvalue weighted by Crippen LogP contribution is -2.38. The standard InChI is InChI=1S/C13H14FN7OS/c14-12-7-11(21-9-10(17-19-21)8-16-18-15)1-2-13(12)20-3-5-23(22)6-4-20/h1-2,7,9H,3-6,8H2. The molecule has 0 saturated carbocycles. The van der Waals surface area contributed by atoms with Crippen molar-refractivity contribution in [1.82, 2.24) is 15.0 Å². The van der Waals surface area contributed by atoms with Crippen LogP contribution >= 0.6 is 0 Å². The van der Waals surface area contributed by atoms with Gasteiger partial charge in [-0.25, -0.2) is 9.07 Å². The van der Waals surface area contributed by atoms with Crippen LogP contribution < -0.4 is 4.90 Å². The van der Waals surface area contributed by atoms with Gasteiger partial charge in [-0.05, 0) is 17.7 Å². The van der Waals surface area contributed by atoms with Crippen LogP contribution in [-0.4, -0.2) is 43.8 Å². The lowest BCUT2D eigenvalue weighted by molar-refractivity contribution is 0.614. The Morgan fingerprint density at radius 2 is 2.17 bits per heavy atom. The minimum absolute atomic E-state index is 0.0992. The zero-order valence-electron chi connectivity index (χ0n) is 12.2. The highest BCUT2D eigenvalue weighted by molar-refractivity contribution is 7.85. The first kappa shape index (κ1) is 15.4. The molecule has 1 aliphatic heterocycles. The van der Waals surface area contributed by atoms with Crippen LogP contribution in [0.1, 0.15) is 5.69 Å². The highest BCUT2D eigenvalue weighted by Gasteiger charge is 2.18. The lowest BCUT2D eigenvalue weighted by atomic mass is 10.2. The van der Waals surface area contributed by atoms with Crippen molar-refractivity contribution in [2.75, 3.05) is 29.5 Å². The molecule has 0 radical (unpaired) electrons. The summed E-state index contributed by atoms with van der Waals surface area (Å²) in [5.41, 5.74) is 9.83. The molecule has 120 valence electrons. The predicted octanol–water partition coefficient (Wildman–Crippen LogP) is 1.79. The van der Waals surface area contributed by atoms with Gasteiger partial charge in [0, 0.05) is 46.4 Å². The van der Waals surface area contributed by atoms with Crippen molar-refractivity contribution in [2.24, 2.45) is 5.11 Å². The number of rotatable bonds is 4. The van der Waals surface area contributed by atoms with E-state index in [1.807, 2.05) is 4.90 Å². The molecule has 0 unspecified atom stereocenters. The van der Waals surface area contributed by atoms with E-state index in [4.69, 9.17) is 5.53 Å². The van der Waals surface area contributed by atoms with E-state index in [1.165, 1.54) is 10.7 Å². The second-order valence-corrected chi connectivity index (χ2v) is 6.71. The topological polar surface area (TPSA) is 99.8 Å². The molecule has 0 bridgehead atoms. The number of anilines is 1. The number of hydrogen-bond donors (Lipinski definition) is 0. The molecule has 0 amide bonds. The maximum Gasteiger partial charge on any atom is 0.148 e. The largest absolute Gasteiger partial charge is 0.367 e. The van der Waals surface area contributed by atoms with E-state index in [9.17, 15) is 8.60 Å². The minimum atomic E-state index is -0.796. The van der Waals surface area contributed by atoms with E-state index in [0.29, 0.717) is 41.7 Å². The van der Waals surface area contributed by atoms with Crippen molar-refractivity contribution in [3.63, 3.8) is 0 Å². The van der Waals surface area contributed by atoms with Gasteiger partial charge in [-0.3, -0.25) is 4.21 Å². The van der Waals surface area contributed by atoms with Gasteiger partial charge in [0.15, 0.2) is 0 Å². The van der Waals surface area contributed by atoms with Gasteiger partial charge in [-0.1, -0.05) is 10.3 Å². The average Bonchev–Trinajstić information content (AvgIpc) is 3.03. The van der Waals surface area contributed by atoms with E-state index in [1.54, 1.807) is 18.3 Å². The number of azide groups is 1. The van der Waals surface area contributed by atoms with Crippen LogP contribution in [0.2, 0.25) is 0 Å². The van der Waals surface area contributed by atoms with Crippen LogP contribution in [0, 0.1) is 5.82 Å². The maximum atomic E-state index is 14.4. The Balaban J connectivity index is 1.80. The Morgan fingerprint density at radius 3 is 2.87 bits per heavy atom. The molecule has 1 saturated heterocycles. The van der Waals surface area contributed by atoms with Gasteiger partial charge in [0.25, 0.3) is 0 Å². The van der Waals surface area contributed by atoms with Crippen molar-refractivity contribution in [1.29, 1.82) is 0 Å². The summed E-state index contributed by atoms with van der Waals surface area (Å²) in [5, 5.41) is 11.2. The van der Waals surface area contributed by atoms with Gasteiger partial charge in [0.2, 0.25) is 0 Å². The van der Waals surface area contributed by atoms with Crippen molar-refractivity contribution < 1.29 is 8.60 Å². The van der Waals surface area contributed by atoms with Gasteiger partial charge in [-0.15, -0.1) is 5.10 Å². The first-order chi connectivity index (χ1) is 11.2. The predicted molar refractivity (Wildman–Crippen MR) is 84.3 cm³/mol. The minimum Gasteiger partial charge on any atom is -0.367 e. The normalized spacial score (nSPS) is 15.4. The second-order valence-electron chi connectivity index (χ2n) is 5.01. The smallest absolute Gasteiger partial charge is 0.148 e. The van der Waals surface area contributed by atoms with Crippen molar-refractivity contribution in [3.8, 4) is 5.69 Å². The molecule has 1 fully saturated rings. The molecule has 1 aliphatic rings. The SMILES string of the molecule is [N-]=[N+]=NCc1cn(-c2ccc(N3CCS(=O)CC3)c(F)c2)nn1. The fourth-order valence-electron chi connectivity index (χ4n) is 2.37. The molecule has 0 aliphatic carbocycles. The van der Waals surface area contributed by atoms with Gasteiger partial charge >= 0.3 is 0 Å². The number of halogens is 1. The first-order valence-corrected chi connectivity index (χ1v) is 8.48. The monoisotopic (exact) mass is 335 g/mol. The Bertz CT molecular complexity index is 776. The molecule has 8 nitrogen and oxygen atoms in total. The summed E-state index contributed by atoms with van der Waals surface area (Å²) >= 11 is 0.